The standard InChI is InChI=1S/C13H14FN3O2S/c14-20-12-4-1-9(5-15-12)13(19)17-10-2-3-11(17)7-16(6-10)8-18/h1,4-5,8,10-11H,2-3,6-7H2. The van der Waals surface area contributed by atoms with E-state index in [1.165, 1.54) is 12.3 Å². The summed E-state index contributed by atoms with van der Waals surface area (Å²) >= 11 is 0.0600. The summed E-state index contributed by atoms with van der Waals surface area (Å²) in [5.41, 5.74) is 0.472. The zero-order valence-electron chi connectivity index (χ0n) is 10.7. The summed E-state index contributed by atoms with van der Waals surface area (Å²) in [5, 5.41) is 0.246. The molecule has 2 aliphatic heterocycles. The lowest BCUT2D eigenvalue weighted by molar-refractivity contribution is -0.120. The van der Waals surface area contributed by atoms with Gasteiger partial charge in [-0.3, -0.25) is 9.59 Å². The van der Waals surface area contributed by atoms with Crippen molar-refractivity contribution in [1.82, 2.24) is 14.8 Å². The van der Waals surface area contributed by atoms with Gasteiger partial charge in [0.2, 0.25) is 6.41 Å². The third-order valence-corrected chi connectivity index (χ3v) is 4.36. The molecule has 0 N–H and O–H groups in total. The van der Waals surface area contributed by atoms with Crippen molar-refractivity contribution in [2.75, 3.05) is 13.1 Å². The third-order valence-electron chi connectivity index (χ3n) is 3.96. The smallest absolute Gasteiger partial charge is 0.256 e. The molecule has 0 spiro atoms. The number of hydrogen-bond donors (Lipinski definition) is 0. The molecule has 2 bridgehead atoms. The topological polar surface area (TPSA) is 53.5 Å². The molecule has 2 atom stereocenters. The fourth-order valence-electron chi connectivity index (χ4n) is 3.05. The van der Waals surface area contributed by atoms with Gasteiger partial charge < -0.3 is 9.80 Å². The van der Waals surface area contributed by atoms with E-state index in [0.717, 1.165) is 19.3 Å². The maximum absolute atomic E-state index is 12.5. The molecule has 3 heterocycles. The van der Waals surface area contributed by atoms with E-state index in [1.807, 2.05) is 4.90 Å². The number of piperazine rings is 1. The molecule has 20 heavy (non-hydrogen) atoms. The Morgan fingerprint density at radius 3 is 2.55 bits per heavy atom. The van der Waals surface area contributed by atoms with E-state index in [4.69, 9.17) is 0 Å². The van der Waals surface area contributed by atoms with E-state index in [0.29, 0.717) is 18.7 Å². The largest absolute Gasteiger partial charge is 0.341 e. The Labute approximate surface area is 120 Å². The van der Waals surface area contributed by atoms with E-state index in [2.05, 4.69) is 4.98 Å². The number of aromatic nitrogens is 1. The lowest BCUT2D eigenvalue weighted by Gasteiger charge is -2.39. The third kappa shape index (κ3) is 2.26. The average Bonchev–Trinajstić information content (AvgIpc) is 2.76. The van der Waals surface area contributed by atoms with Crippen LogP contribution in [0.1, 0.15) is 23.2 Å². The molecule has 2 saturated heterocycles. The number of carbonyl (C=O) groups excluding carboxylic acids is 2. The molecule has 7 heteroatoms. The van der Waals surface area contributed by atoms with E-state index in [9.17, 15) is 13.5 Å². The number of likely N-dealkylation sites (tertiary alicyclic amines) is 1. The molecule has 1 aromatic heterocycles. The number of fused-ring (bicyclic) bond motifs is 2. The molecular formula is C13H14FN3O2S. The van der Waals surface area contributed by atoms with Crippen LogP contribution < -0.4 is 0 Å². The summed E-state index contributed by atoms with van der Waals surface area (Å²) in [5.74, 6) is -0.0778. The number of pyridine rings is 1. The highest BCUT2D eigenvalue weighted by molar-refractivity contribution is 7.94. The average molecular weight is 295 g/mol. The number of nitrogens with zero attached hydrogens (tertiary/aromatic N) is 3. The van der Waals surface area contributed by atoms with Gasteiger partial charge in [0.1, 0.15) is 17.2 Å². The monoisotopic (exact) mass is 295 g/mol. The van der Waals surface area contributed by atoms with Crippen LogP contribution >= 0.6 is 12.1 Å². The normalized spacial score (nSPS) is 24.9. The summed E-state index contributed by atoms with van der Waals surface area (Å²) in [4.78, 5) is 30.9. The Morgan fingerprint density at radius 1 is 1.35 bits per heavy atom. The van der Waals surface area contributed by atoms with Crippen molar-refractivity contribution in [2.45, 2.75) is 30.0 Å². The predicted octanol–water partition coefficient (Wildman–Crippen LogP) is 1.50. The van der Waals surface area contributed by atoms with E-state index < -0.39 is 0 Å². The fraction of sp³-hybridized carbons (Fsp3) is 0.462. The van der Waals surface area contributed by atoms with Gasteiger partial charge in [0.05, 0.1) is 17.6 Å². The van der Waals surface area contributed by atoms with Gasteiger partial charge in [0.25, 0.3) is 5.91 Å². The van der Waals surface area contributed by atoms with Gasteiger partial charge in [0, 0.05) is 19.3 Å². The van der Waals surface area contributed by atoms with Crippen molar-refractivity contribution >= 4 is 24.5 Å². The Balaban J connectivity index is 1.79. The first kappa shape index (κ1) is 13.4. The van der Waals surface area contributed by atoms with Crippen molar-refractivity contribution in [3.8, 4) is 0 Å². The summed E-state index contributed by atoms with van der Waals surface area (Å²) < 4.78 is 12.3. The van der Waals surface area contributed by atoms with Crippen molar-refractivity contribution < 1.29 is 13.5 Å². The highest BCUT2D eigenvalue weighted by atomic mass is 32.2. The van der Waals surface area contributed by atoms with E-state index >= 15 is 0 Å². The van der Waals surface area contributed by atoms with E-state index in [1.54, 1.807) is 11.0 Å². The Morgan fingerprint density at radius 2 is 2.05 bits per heavy atom. The SMILES string of the molecule is O=CN1CC2CCC(C1)N2C(=O)c1ccc(SF)nc1. The van der Waals surface area contributed by atoms with Gasteiger partial charge in [-0.2, -0.15) is 3.89 Å². The first-order chi connectivity index (χ1) is 9.72. The summed E-state index contributed by atoms with van der Waals surface area (Å²) in [6.45, 7) is 1.19. The summed E-state index contributed by atoms with van der Waals surface area (Å²) in [6.07, 6.45) is 4.11. The molecule has 2 aliphatic rings. The summed E-state index contributed by atoms with van der Waals surface area (Å²) in [6, 6.07) is 3.27. The van der Waals surface area contributed by atoms with Gasteiger partial charge in [-0.25, -0.2) is 4.98 Å². The predicted molar refractivity (Wildman–Crippen MR) is 71.8 cm³/mol. The number of halogens is 1. The van der Waals surface area contributed by atoms with Crippen LogP contribution in [0.4, 0.5) is 3.89 Å². The van der Waals surface area contributed by atoms with E-state index in [-0.39, 0.29) is 35.2 Å². The van der Waals surface area contributed by atoms with Crippen molar-refractivity contribution in [3.05, 3.63) is 23.9 Å². The first-order valence-electron chi connectivity index (χ1n) is 6.49. The molecule has 0 aromatic carbocycles. The van der Waals surface area contributed by atoms with Crippen LogP contribution in [0.3, 0.4) is 0 Å². The zero-order valence-corrected chi connectivity index (χ0v) is 11.6. The quantitative estimate of drug-likeness (QED) is 0.793. The Bertz CT molecular complexity index is 511. The Kier molecular flexibility index (Phi) is 3.60. The molecule has 0 aliphatic carbocycles. The molecule has 106 valence electrons. The van der Waals surface area contributed by atoms with Crippen LogP contribution in [-0.2, 0) is 4.79 Å². The van der Waals surface area contributed by atoms with Crippen molar-refractivity contribution in [2.24, 2.45) is 0 Å². The molecule has 3 rings (SSSR count). The lowest BCUT2D eigenvalue weighted by atomic mass is 10.1. The van der Waals surface area contributed by atoms with Crippen LogP contribution in [0.2, 0.25) is 0 Å². The molecule has 2 amide bonds. The van der Waals surface area contributed by atoms with Crippen LogP contribution in [0.5, 0.6) is 0 Å². The fourth-order valence-corrected chi connectivity index (χ4v) is 3.27. The van der Waals surface area contributed by atoms with Gasteiger partial charge in [-0.1, -0.05) is 0 Å². The molecule has 0 saturated carbocycles. The van der Waals surface area contributed by atoms with Crippen LogP contribution in [0, 0.1) is 0 Å². The highest BCUT2D eigenvalue weighted by Gasteiger charge is 2.42. The number of amides is 2. The minimum atomic E-state index is -0.0778. The first-order valence-corrected chi connectivity index (χ1v) is 7.21. The van der Waals surface area contributed by atoms with Gasteiger partial charge >= 0.3 is 0 Å². The lowest BCUT2D eigenvalue weighted by Crippen LogP contribution is -2.55. The van der Waals surface area contributed by atoms with Gasteiger partial charge in [-0.05, 0) is 25.0 Å². The molecule has 2 unspecified atom stereocenters. The maximum Gasteiger partial charge on any atom is 0.256 e. The Hall–Kier alpha value is -1.63. The highest BCUT2D eigenvalue weighted by Crippen LogP contribution is 2.31. The van der Waals surface area contributed by atoms with Crippen molar-refractivity contribution in [3.63, 3.8) is 0 Å². The maximum atomic E-state index is 12.5. The molecule has 1 aromatic rings. The van der Waals surface area contributed by atoms with Crippen LogP contribution in [-0.4, -0.2) is 52.3 Å². The second-order valence-corrected chi connectivity index (χ2v) is 5.69. The minimum absolute atomic E-state index is 0.0600. The number of rotatable bonds is 3. The van der Waals surface area contributed by atoms with Crippen molar-refractivity contribution in [1.29, 1.82) is 0 Å². The second-order valence-electron chi connectivity index (χ2n) is 5.12. The summed E-state index contributed by atoms with van der Waals surface area (Å²) in [7, 11) is 0. The second kappa shape index (κ2) is 5.40. The molecule has 5 nitrogen and oxygen atoms in total. The van der Waals surface area contributed by atoms with Gasteiger partial charge in [0.15, 0.2) is 0 Å². The molecule has 2 fully saturated rings. The van der Waals surface area contributed by atoms with Crippen LogP contribution in [0.25, 0.3) is 0 Å². The number of hydrogen-bond acceptors (Lipinski definition) is 4. The minimum Gasteiger partial charge on any atom is -0.341 e. The number of carbonyl (C=O) groups is 2. The van der Waals surface area contributed by atoms with Gasteiger partial charge in [-0.15, -0.1) is 0 Å². The molecular weight excluding hydrogens is 281 g/mol. The zero-order chi connectivity index (χ0) is 14.1. The van der Waals surface area contributed by atoms with Crippen LogP contribution in [0.15, 0.2) is 23.4 Å². The molecule has 0 radical (unpaired) electrons.